The third-order valence-corrected chi connectivity index (χ3v) is 2.84. The molecule has 0 aromatic carbocycles. The molecule has 0 aliphatic carbocycles. The number of aromatic nitrogens is 3. The molecule has 0 saturated heterocycles. The van der Waals surface area contributed by atoms with E-state index in [4.69, 9.17) is 0 Å². The first-order valence-electron chi connectivity index (χ1n) is 6.15. The number of carbonyl (C=O) groups excluding carboxylic acids is 1. The molecule has 2 heterocycles. The lowest BCUT2D eigenvalue weighted by atomic mass is 10.2. The van der Waals surface area contributed by atoms with Crippen molar-refractivity contribution in [3.05, 3.63) is 46.2 Å². The van der Waals surface area contributed by atoms with Gasteiger partial charge in [-0.2, -0.15) is 0 Å². The standard InChI is InChI=1S/C12H14N6O3/c1-7(10-14-3-4-15-10)17-12(19)9-5-8(18(20)21)6-16-11(9)13-2/h3-7H,1-2H3,(H,13,16)(H,14,15)(H,17,19). The number of nitrogens with one attached hydrogen (secondary N) is 3. The van der Waals surface area contributed by atoms with Gasteiger partial charge in [-0.05, 0) is 6.92 Å². The zero-order valence-corrected chi connectivity index (χ0v) is 11.5. The summed E-state index contributed by atoms with van der Waals surface area (Å²) < 4.78 is 0. The van der Waals surface area contributed by atoms with Crippen LogP contribution in [0.2, 0.25) is 0 Å². The van der Waals surface area contributed by atoms with E-state index in [-0.39, 0.29) is 23.1 Å². The molecule has 1 unspecified atom stereocenters. The van der Waals surface area contributed by atoms with Crippen LogP contribution in [0.1, 0.15) is 29.1 Å². The van der Waals surface area contributed by atoms with Crippen LogP contribution < -0.4 is 10.6 Å². The van der Waals surface area contributed by atoms with Crippen molar-refractivity contribution in [2.45, 2.75) is 13.0 Å². The van der Waals surface area contributed by atoms with E-state index in [9.17, 15) is 14.9 Å². The van der Waals surface area contributed by atoms with Crippen LogP contribution in [0.4, 0.5) is 11.5 Å². The van der Waals surface area contributed by atoms with Gasteiger partial charge in [0.05, 0.1) is 16.5 Å². The van der Waals surface area contributed by atoms with E-state index in [1.165, 1.54) is 6.07 Å². The number of aromatic amines is 1. The number of nitro groups is 1. The van der Waals surface area contributed by atoms with Crippen LogP contribution in [-0.2, 0) is 0 Å². The van der Waals surface area contributed by atoms with Gasteiger partial charge in [0, 0.05) is 25.5 Å². The van der Waals surface area contributed by atoms with Gasteiger partial charge in [0.1, 0.15) is 17.8 Å². The van der Waals surface area contributed by atoms with Crippen molar-refractivity contribution in [1.82, 2.24) is 20.3 Å². The molecule has 2 aromatic rings. The number of anilines is 1. The molecule has 21 heavy (non-hydrogen) atoms. The molecule has 3 N–H and O–H groups in total. The molecule has 0 spiro atoms. The Hall–Kier alpha value is -2.97. The van der Waals surface area contributed by atoms with Gasteiger partial charge in [0.15, 0.2) is 0 Å². The zero-order valence-electron chi connectivity index (χ0n) is 11.5. The number of rotatable bonds is 5. The van der Waals surface area contributed by atoms with E-state index < -0.39 is 10.8 Å². The summed E-state index contributed by atoms with van der Waals surface area (Å²) in [5, 5.41) is 16.2. The van der Waals surface area contributed by atoms with Crippen LogP contribution in [0.25, 0.3) is 0 Å². The Labute approximate surface area is 120 Å². The van der Waals surface area contributed by atoms with Crippen molar-refractivity contribution in [3.63, 3.8) is 0 Å². The molecule has 0 bridgehead atoms. The minimum atomic E-state index is -0.598. The van der Waals surface area contributed by atoms with Crippen LogP contribution >= 0.6 is 0 Å². The first-order chi connectivity index (χ1) is 10.0. The summed E-state index contributed by atoms with van der Waals surface area (Å²) >= 11 is 0. The highest BCUT2D eigenvalue weighted by Crippen LogP contribution is 2.19. The Kier molecular flexibility index (Phi) is 4.12. The lowest BCUT2D eigenvalue weighted by molar-refractivity contribution is -0.385. The molecule has 1 amide bonds. The summed E-state index contributed by atoms with van der Waals surface area (Å²) in [6.45, 7) is 1.75. The smallest absolute Gasteiger partial charge is 0.288 e. The SMILES string of the molecule is CNc1ncc([N+](=O)[O-])cc1C(=O)NC(C)c1ncc[nH]1. The number of amides is 1. The summed E-state index contributed by atoms with van der Waals surface area (Å²) in [6, 6.07) is 0.819. The summed E-state index contributed by atoms with van der Waals surface area (Å²) in [7, 11) is 1.58. The van der Waals surface area contributed by atoms with Crippen molar-refractivity contribution in [3.8, 4) is 0 Å². The summed E-state index contributed by atoms with van der Waals surface area (Å²) in [6.07, 6.45) is 4.32. The first kappa shape index (κ1) is 14.4. The van der Waals surface area contributed by atoms with E-state index in [0.717, 1.165) is 6.20 Å². The Bertz CT molecular complexity index is 655. The maximum Gasteiger partial charge on any atom is 0.288 e. The molecule has 2 aromatic heterocycles. The molecule has 0 saturated carbocycles. The van der Waals surface area contributed by atoms with Crippen LogP contribution in [-0.4, -0.2) is 32.8 Å². The van der Waals surface area contributed by atoms with Crippen molar-refractivity contribution in [2.24, 2.45) is 0 Å². The van der Waals surface area contributed by atoms with E-state index in [1.807, 2.05) is 0 Å². The predicted octanol–water partition coefficient (Wildman–Crippen LogP) is 1.25. The van der Waals surface area contributed by atoms with Crippen LogP contribution in [0.15, 0.2) is 24.7 Å². The second kappa shape index (κ2) is 5.99. The lowest BCUT2D eigenvalue weighted by Crippen LogP contribution is -2.28. The molecule has 110 valence electrons. The normalized spacial score (nSPS) is 11.7. The van der Waals surface area contributed by atoms with Gasteiger partial charge in [0.25, 0.3) is 11.6 Å². The molecule has 0 aliphatic heterocycles. The van der Waals surface area contributed by atoms with Crippen molar-refractivity contribution >= 4 is 17.4 Å². The molecule has 0 fully saturated rings. The quantitative estimate of drug-likeness (QED) is 0.562. The largest absolute Gasteiger partial charge is 0.372 e. The average molecular weight is 290 g/mol. The molecule has 0 aliphatic rings. The van der Waals surface area contributed by atoms with Gasteiger partial charge < -0.3 is 15.6 Å². The number of H-pyrrole nitrogens is 1. The van der Waals surface area contributed by atoms with Crippen molar-refractivity contribution in [2.75, 3.05) is 12.4 Å². The summed E-state index contributed by atoms with van der Waals surface area (Å²) in [4.78, 5) is 33.2. The third-order valence-electron chi connectivity index (χ3n) is 2.84. The Morgan fingerprint density at radius 1 is 1.48 bits per heavy atom. The Morgan fingerprint density at radius 3 is 2.81 bits per heavy atom. The Morgan fingerprint density at radius 2 is 2.24 bits per heavy atom. The fourth-order valence-corrected chi connectivity index (χ4v) is 1.78. The topological polar surface area (TPSA) is 126 Å². The number of nitrogens with zero attached hydrogens (tertiary/aromatic N) is 3. The van der Waals surface area contributed by atoms with Gasteiger partial charge >= 0.3 is 0 Å². The molecule has 0 radical (unpaired) electrons. The number of hydrogen-bond donors (Lipinski definition) is 3. The van der Waals surface area contributed by atoms with Gasteiger partial charge in [-0.15, -0.1) is 0 Å². The summed E-state index contributed by atoms with van der Waals surface area (Å²) in [5.74, 6) is 0.386. The highest BCUT2D eigenvalue weighted by molar-refractivity contribution is 5.99. The highest BCUT2D eigenvalue weighted by atomic mass is 16.6. The van der Waals surface area contributed by atoms with Gasteiger partial charge in [0.2, 0.25) is 0 Å². The van der Waals surface area contributed by atoms with Crippen molar-refractivity contribution < 1.29 is 9.72 Å². The van der Waals surface area contributed by atoms with Gasteiger partial charge in [-0.25, -0.2) is 9.97 Å². The predicted molar refractivity (Wildman–Crippen MR) is 74.9 cm³/mol. The second-order valence-corrected chi connectivity index (χ2v) is 4.27. The van der Waals surface area contributed by atoms with Gasteiger partial charge in [-0.1, -0.05) is 0 Å². The van der Waals surface area contributed by atoms with Crippen molar-refractivity contribution in [1.29, 1.82) is 0 Å². The number of imidazole rings is 1. The maximum absolute atomic E-state index is 12.2. The molecule has 9 heteroatoms. The average Bonchev–Trinajstić information content (AvgIpc) is 3.00. The third kappa shape index (κ3) is 3.14. The lowest BCUT2D eigenvalue weighted by Gasteiger charge is -2.13. The molecule has 9 nitrogen and oxygen atoms in total. The molecular weight excluding hydrogens is 276 g/mol. The minimum absolute atomic E-state index is 0.102. The second-order valence-electron chi connectivity index (χ2n) is 4.27. The van der Waals surface area contributed by atoms with Crippen LogP contribution in [0, 0.1) is 10.1 Å². The highest BCUT2D eigenvalue weighted by Gasteiger charge is 2.20. The monoisotopic (exact) mass is 290 g/mol. The Balaban J connectivity index is 2.25. The van der Waals surface area contributed by atoms with E-state index in [1.54, 1.807) is 26.4 Å². The van der Waals surface area contributed by atoms with E-state index in [2.05, 4.69) is 25.6 Å². The van der Waals surface area contributed by atoms with Crippen LogP contribution in [0.3, 0.4) is 0 Å². The number of pyridine rings is 1. The molecule has 1 atom stereocenters. The fourth-order valence-electron chi connectivity index (χ4n) is 1.78. The van der Waals surface area contributed by atoms with E-state index >= 15 is 0 Å². The fraction of sp³-hybridized carbons (Fsp3) is 0.250. The first-order valence-corrected chi connectivity index (χ1v) is 6.15. The number of hydrogen-bond acceptors (Lipinski definition) is 6. The minimum Gasteiger partial charge on any atom is -0.372 e. The maximum atomic E-state index is 12.2. The summed E-state index contributed by atoms with van der Waals surface area (Å²) in [5.41, 5.74) is -0.144. The van der Waals surface area contributed by atoms with Crippen LogP contribution in [0.5, 0.6) is 0 Å². The molecule has 2 rings (SSSR count). The van der Waals surface area contributed by atoms with E-state index in [0.29, 0.717) is 5.82 Å². The number of carbonyl (C=O) groups is 1. The van der Waals surface area contributed by atoms with Gasteiger partial charge in [-0.3, -0.25) is 14.9 Å². The molecular formula is C12H14N6O3. The zero-order chi connectivity index (χ0) is 15.4.